The molecule has 0 radical (unpaired) electrons. The molecule has 7 heteroatoms. The molecule has 1 unspecified atom stereocenters. The topological polar surface area (TPSA) is 52.6 Å². The highest BCUT2D eigenvalue weighted by Crippen LogP contribution is 2.24. The summed E-state index contributed by atoms with van der Waals surface area (Å²) in [5.74, 6) is 2.02. The second-order valence-electron chi connectivity index (χ2n) is 7.96. The van der Waals surface area contributed by atoms with E-state index in [0.29, 0.717) is 30.6 Å². The highest BCUT2D eigenvalue weighted by Gasteiger charge is 2.23. The molecule has 3 heterocycles. The fraction of sp³-hybridized carbons (Fsp3) is 0.500. The second-order valence-corrected chi connectivity index (χ2v) is 8.40. The van der Waals surface area contributed by atoms with Crippen molar-refractivity contribution in [3.05, 3.63) is 47.0 Å². The summed E-state index contributed by atoms with van der Waals surface area (Å²) in [5, 5.41) is 9.66. The van der Waals surface area contributed by atoms with E-state index in [9.17, 15) is 4.79 Å². The van der Waals surface area contributed by atoms with Crippen LogP contribution in [0.25, 0.3) is 0 Å². The normalized spacial score (nSPS) is 20.1. The van der Waals surface area contributed by atoms with E-state index < -0.39 is 0 Å². The van der Waals surface area contributed by atoms with Crippen LogP contribution in [0, 0.1) is 0 Å². The lowest BCUT2D eigenvalue weighted by atomic mass is 10.0. The molecule has 1 amide bonds. The number of aromatic nitrogens is 2. The lowest BCUT2D eigenvalue weighted by Crippen LogP contribution is -2.49. The number of anilines is 2. The Labute approximate surface area is 177 Å². The van der Waals surface area contributed by atoms with E-state index in [-0.39, 0.29) is 5.91 Å². The third-order valence-electron chi connectivity index (χ3n) is 5.96. The molecule has 154 valence electrons. The Morgan fingerprint density at radius 1 is 0.966 bits per heavy atom. The fourth-order valence-electron chi connectivity index (χ4n) is 4.15. The zero-order valence-corrected chi connectivity index (χ0v) is 17.7. The van der Waals surface area contributed by atoms with Crippen molar-refractivity contribution in [3.8, 4) is 0 Å². The summed E-state index contributed by atoms with van der Waals surface area (Å²) in [5.41, 5.74) is 0.996. The molecule has 0 bridgehead atoms. The van der Waals surface area contributed by atoms with Gasteiger partial charge in [-0.1, -0.05) is 23.7 Å². The fourth-order valence-corrected chi connectivity index (χ4v) is 4.28. The Bertz CT molecular complexity index is 818. The van der Waals surface area contributed by atoms with Gasteiger partial charge >= 0.3 is 0 Å². The maximum Gasteiger partial charge on any atom is 0.227 e. The molecular weight excluding hydrogens is 386 g/mol. The van der Waals surface area contributed by atoms with Gasteiger partial charge in [0.15, 0.2) is 11.6 Å². The zero-order chi connectivity index (χ0) is 20.2. The molecule has 1 atom stereocenters. The summed E-state index contributed by atoms with van der Waals surface area (Å²) in [6.45, 7) is 6.29. The van der Waals surface area contributed by atoms with Crippen LogP contribution >= 0.6 is 11.6 Å². The molecular formula is C22H28ClN5O. The Kier molecular flexibility index (Phi) is 6.19. The van der Waals surface area contributed by atoms with Gasteiger partial charge in [-0.05, 0) is 56.0 Å². The summed E-state index contributed by atoms with van der Waals surface area (Å²) < 4.78 is 0. The minimum atomic E-state index is 0.160. The van der Waals surface area contributed by atoms with E-state index in [1.165, 1.54) is 19.3 Å². The van der Waals surface area contributed by atoms with Crippen molar-refractivity contribution >= 4 is 29.1 Å². The first-order valence-corrected chi connectivity index (χ1v) is 10.9. The standard InChI is InChI=1S/C22H28ClN5O/c1-17-4-2-3-11-28(17)21-10-9-20(24-25-21)26-12-14-27(15-13-26)22(29)16-18-5-7-19(23)8-6-18/h5-10,17H,2-4,11-16H2,1H3. The number of piperidine rings is 1. The second kappa shape index (κ2) is 8.99. The van der Waals surface area contributed by atoms with Gasteiger partial charge in [-0.15, -0.1) is 10.2 Å². The Morgan fingerprint density at radius 3 is 2.31 bits per heavy atom. The molecule has 4 rings (SSSR count). The average Bonchev–Trinajstić information content (AvgIpc) is 2.76. The zero-order valence-electron chi connectivity index (χ0n) is 16.9. The van der Waals surface area contributed by atoms with Gasteiger partial charge in [-0.3, -0.25) is 4.79 Å². The van der Waals surface area contributed by atoms with Gasteiger partial charge in [0.2, 0.25) is 5.91 Å². The third-order valence-corrected chi connectivity index (χ3v) is 6.21. The molecule has 0 saturated carbocycles. The lowest BCUT2D eigenvalue weighted by molar-refractivity contribution is -0.130. The van der Waals surface area contributed by atoms with Crippen LogP contribution in [0.3, 0.4) is 0 Å². The number of nitrogens with zero attached hydrogens (tertiary/aromatic N) is 5. The minimum absolute atomic E-state index is 0.160. The molecule has 6 nitrogen and oxygen atoms in total. The van der Waals surface area contributed by atoms with Gasteiger partial charge in [0.1, 0.15) is 0 Å². The van der Waals surface area contributed by atoms with Crippen LogP contribution in [0.2, 0.25) is 5.02 Å². The number of amides is 1. The number of piperazine rings is 1. The SMILES string of the molecule is CC1CCCCN1c1ccc(N2CCN(C(=O)Cc3ccc(Cl)cc3)CC2)nn1. The molecule has 0 spiro atoms. The molecule has 1 aromatic carbocycles. The summed E-state index contributed by atoms with van der Waals surface area (Å²) in [6, 6.07) is 12.2. The smallest absolute Gasteiger partial charge is 0.227 e. The van der Waals surface area contributed by atoms with Crippen molar-refractivity contribution in [2.24, 2.45) is 0 Å². The van der Waals surface area contributed by atoms with Crippen LogP contribution in [0.4, 0.5) is 11.6 Å². The molecule has 2 aromatic rings. The largest absolute Gasteiger partial charge is 0.352 e. The Hall–Kier alpha value is -2.34. The first-order valence-electron chi connectivity index (χ1n) is 10.5. The van der Waals surface area contributed by atoms with E-state index >= 15 is 0 Å². The predicted molar refractivity (Wildman–Crippen MR) is 117 cm³/mol. The number of hydrogen-bond donors (Lipinski definition) is 0. The van der Waals surface area contributed by atoms with Crippen molar-refractivity contribution < 1.29 is 4.79 Å². The average molecular weight is 414 g/mol. The molecule has 29 heavy (non-hydrogen) atoms. The van der Waals surface area contributed by atoms with Crippen LogP contribution in [0.1, 0.15) is 31.7 Å². The highest BCUT2D eigenvalue weighted by atomic mass is 35.5. The summed E-state index contributed by atoms with van der Waals surface area (Å²) in [6.07, 6.45) is 4.15. The lowest BCUT2D eigenvalue weighted by Gasteiger charge is -2.36. The van der Waals surface area contributed by atoms with Gasteiger partial charge in [-0.2, -0.15) is 0 Å². The first kappa shape index (κ1) is 20.0. The summed E-state index contributed by atoms with van der Waals surface area (Å²) in [4.78, 5) is 19.1. The van der Waals surface area contributed by atoms with E-state index in [1.807, 2.05) is 29.2 Å². The highest BCUT2D eigenvalue weighted by molar-refractivity contribution is 6.30. The Morgan fingerprint density at radius 2 is 1.66 bits per heavy atom. The number of carbonyl (C=O) groups excluding carboxylic acids is 1. The molecule has 2 aliphatic heterocycles. The van der Waals surface area contributed by atoms with Crippen LogP contribution in [-0.2, 0) is 11.2 Å². The van der Waals surface area contributed by atoms with Crippen LogP contribution in [0.5, 0.6) is 0 Å². The maximum absolute atomic E-state index is 12.6. The van der Waals surface area contributed by atoms with Crippen molar-refractivity contribution in [2.45, 2.75) is 38.6 Å². The number of benzene rings is 1. The molecule has 2 aliphatic rings. The van der Waals surface area contributed by atoms with Crippen LogP contribution in [0.15, 0.2) is 36.4 Å². The number of hydrogen-bond acceptors (Lipinski definition) is 5. The van der Waals surface area contributed by atoms with Gasteiger partial charge in [0.05, 0.1) is 6.42 Å². The number of carbonyl (C=O) groups is 1. The van der Waals surface area contributed by atoms with E-state index in [4.69, 9.17) is 11.6 Å². The quantitative estimate of drug-likeness (QED) is 0.768. The van der Waals surface area contributed by atoms with E-state index in [0.717, 1.165) is 36.8 Å². The van der Waals surface area contributed by atoms with Gasteiger partial charge < -0.3 is 14.7 Å². The van der Waals surface area contributed by atoms with Crippen molar-refractivity contribution in [3.63, 3.8) is 0 Å². The van der Waals surface area contributed by atoms with Gasteiger partial charge in [0.25, 0.3) is 0 Å². The van der Waals surface area contributed by atoms with Gasteiger partial charge in [0, 0.05) is 43.8 Å². The van der Waals surface area contributed by atoms with Gasteiger partial charge in [-0.25, -0.2) is 0 Å². The van der Waals surface area contributed by atoms with Crippen LogP contribution in [-0.4, -0.2) is 59.8 Å². The monoisotopic (exact) mass is 413 g/mol. The van der Waals surface area contributed by atoms with Crippen molar-refractivity contribution in [1.29, 1.82) is 0 Å². The predicted octanol–water partition coefficient (Wildman–Crippen LogP) is 3.40. The molecule has 1 aromatic heterocycles. The van der Waals surface area contributed by atoms with E-state index in [1.54, 1.807) is 0 Å². The van der Waals surface area contributed by atoms with Crippen molar-refractivity contribution in [2.75, 3.05) is 42.5 Å². The number of halogens is 1. The minimum Gasteiger partial charge on any atom is -0.352 e. The van der Waals surface area contributed by atoms with Crippen molar-refractivity contribution in [1.82, 2.24) is 15.1 Å². The summed E-state index contributed by atoms with van der Waals surface area (Å²) in [7, 11) is 0. The Balaban J connectivity index is 1.31. The molecule has 2 fully saturated rings. The first-order chi connectivity index (χ1) is 14.1. The maximum atomic E-state index is 12.6. The molecule has 0 aliphatic carbocycles. The molecule has 0 N–H and O–H groups in total. The van der Waals surface area contributed by atoms with E-state index in [2.05, 4.69) is 39.1 Å². The van der Waals surface area contributed by atoms with Crippen LogP contribution < -0.4 is 9.80 Å². The summed E-state index contributed by atoms with van der Waals surface area (Å²) >= 11 is 5.92. The third kappa shape index (κ3) is 4.81. The molecule has 2 saturated heterocycles. The number of rotatable bonds is 4.